The number of benzene rings is 1. The van der Waals surface area contributed by atoms with Crippen LogP contribution in [0.15, 0.2) is 18.2 Å². The van der Waals surface area contributed by atoms with E-state index in [4.69, 9.17) is 4.74 Å². The highest BCUT2D eigenvalue weighted by molar-refractivity contribution is 7.91. The standard InChI is InChI=1S/C13H19FO4S/c1-3-7-19(16,17)8-6-18-13-5-4-11(10(2)15)9-12(13)14/h4-5,9-10,15H,3,6-8H2,1-2H3/t10-/m0/s1. The van der Waals surface area contributed by atoms with Crippen molar-refractivity contribution in [1.82, 2.24) is 0 Å². The second-order valence-corrected chi connectivity index (χ2v) is 6.67. The van der Waals surface area contributed by atoms with Crippen molar-refractivity contribution < 1.29 is 22.7 Å². The second kappa shape index (κ2) is 6.86. The van der Waals surface area contributed by atoms with Gasteiger partial charge < -0.3 is 9.84 Å². The third kappa shape index (κ3) is 5.16. The van der Waals surface area contributed by atoms with E-state index in [2.05, 4.69) is 0 Å². The first-order chi connectivity index (χ1) is 8.85. The summed E-state index contributed by atoms with van der Waals surface area (Å²) in [5, 5.41) is 9.29. The minimum absolute atomic E-state index is 0.00361. The first kappa shape index (κ1) is 15.9. The summed E-state index contributed by atoms with van der Waals surface area (Å²) >= 11 is 0. The lowest BCUT2D eigenvalue weighted by atomic mass is 10.1. The monoisotopic (exact) mass is 290 g/mol. The molecule has 0 aliphatic carbocycles. The van der Waals surface area contributed by atoms with Gasteiger partial charge >= 0.3 is 0 Å². The lowest BCUT2D eigenvalue weighted by molar-refractivity contribution is 0.198. The first-order valence-corrected chi connectivity index (χ1v) is 7.98. The highest BCUT2D eigenvalue weighted by Gasteiger charge is 2.11. The molecule has 1 N–H and O–H groups in total. The fourth-order valence-corrected chi connectivity index (χ4v) is 2.75. The molecule has 4 nitrogen and oxygen atoms in total. The van der Waals surface area contributed by atoms with Gasteiger partial charge in [0.25, 0.3) is 0 Å². The van der Waals surface area contributed by atoms with Gasteiger partial charge in [0.05, 0.1) is 17.6 Å². The predicted molar refractivity (Wildman–Crippen MR) is 71.5 cm³/mol. The minimum Gasteiger partial charge on any atom is -0.489 e. The van der Waals surface area contributed by atoms with Crippen LogP contribution in [0.25, 0.3) is 0 Å². The number of halogens is 1. The lowest BCUT2D eigenvalue weighted by Gasteiger charge is -2.10. The Labute approximate surface area is 113 Å². The topological polar surface area (TPSA) is 63.6 Å². The molecule has 0 spiro atoms. The van der Waals surface area contributed by atoms with E-state index in [-0.39, 0.29) is 23.9 Å². The number of aliphatic hydroxyl groups excluding tert-OH is 1. The molecule has 1 aromatic rings. The molecule has 1 aromatic carbocycles. The van der Waals surface area contributed by atoms with Crippen molar-refractivity contribution in [2.24, 2.45) is 0 Å². The normalized spacial score (nSPS) is 13.3. The van der Waals surface area contributed by atoms with Gasteiger partial charge in [-0.3, -0.25) is 0 Å². The molecule has 0 saturated heterocycles. The van der Waals surface area contributed by atoms with E-state index < -0.39 is 21.8 Å². The summed E-state index contributed by atoms with van der Waals surface area (Å²) < 4.78 is 41.6. The number of rotatable bonds is 7. The van der Waals surface area contributed by atoms with Gasteiger partial charge in [0.15, 0.2) is 21.4 Å². The molecule has 108 valence electrons. The fraction of sp³-hybridized carbons (Fsp3) is 0.538. The van der Waals surface area contributed by atoms with Gasteiger partial charge in [-0.25, -0.2) is 12.8 Å². The average Bonchev–Trinajstić information content (AvgIpc) is 2.30. The molecule has 6 heteroatoms. The predicted octanol–water partition coefficient (Wildman–Crippen LogP) is 2.08. The Morgan fingerprint density at radius 3 is 2.58 bits per heavy atom. The maximum Gasteiger partial charge on any atom is 0.165 e. The van der Waals surface area contributed by atoms with Crippen molar-refractivity contribution in [3.05, 3.63) is 29.6 Å². The van der Waals surface area contributed by atoms with Crippen LogP contribution in [-0.2, 0) is 9.84 Å². The molecule has 0 amide bonds. The fourth-order valence-electron chi connectivity index (χ4n) is 1.59. The number of sulfone groups is 1. The van der Waals surface area contributed by atoms with Gasteiger partial charge in [-0.05, 0) is 31.0 Å². The third-order valence-electron chi connectivity index (χ3n) is 2.61. The quantitative estimate of drug-likeness (QED) is 0.835. The third-order valence-corrected chi connectivity index (χ3v) is 4.42. The molecule has 0 aliphatic heterocycles. The molecule has 0 unspecified atom stereocenters. The number of hydrogen-bond donors (Lipinski definition) is 1. The molecule has 1 rings (SSSR count). The Bertz CT molecular complexity index is 511. The Kier molecular flexibility index (Phi) is 5.75. The molecule has 0 radical (unpaired) electrons. The van der Waals surface area contributed by atoms with Gasteiger partial charge in [0.2, 0.25) is 0 Å². The number of hydrogen-bond acceptors (Lipinski definition) is 4. The highest BCUT2D eigenvalue weighted by atomic mass is 32.2. The van der Waals surface area contributed by atoms with E-state index in [9.17, 15) is 17.9 Å². The zero-order valence-corrected chi connectivity index (χ0v) is 11.9. The Morgan fingerprint density at radius 2 is 2.05 bits per heavy atom. The van der Waals surface area contributed by atoms with E-state index in [0.717, 1.165) is 0 Å². The molecular formula is C13H19FO4S. The smallest absolute Gasteiger partial charge is 0.165 e. The number of aliphatic hydroxyl groups is 1. The summed E-state index contributed by atoms with van der Waals surface area (Å²) in [6.45, 7) is 3.24. The van der Waals surface area contributed by atoms with Crippen molar-refractivity contribution in [3.8, 4) is 5.75 Å². The van der Waals surface area contributed by atoms with Crippen LogP contribution in [0.4, 0.5) is 4.39 Å². The van der Waals surface area contributed by atoms with E-state index >= 15 is 0 Å². The molecule has 0 aromatic heterocycles. The van der Waals surface area contributed by atoms with Crippen molar-refractivity contribution in [1.29, 1.82) is 0 Å². The maximum absolute atomic E-state index is 13.6. The van der Waals surface area contributed by atoms with Crippen LogP contribution < -0.4 is 4.74 Å². The minimum atomic E-state index is -3.12. The van der Waals surface area contributed by atoms with Crippen LogP contribution in [0.3, 0.4) is 0 Å². The Morgan fingerprint density at radius 1 is 1.37 bits per heavy atom. The van der Waals surface area contributed by atoms with Crippen LogP contribution in [-0.4, -0.2) is 31.6 Å². The Balaban J connectivity index is 2.59. The molecule has 0 aliphatic rings. The zero-order chi connectivity index (χ0) is 14.5. The maximum atomic E-state index is 13.6. The summed E-state index contributed by atoms with van der Waals surface area (Å²) in [6.07, 6.45) is -0.201. The van der Waals surface area contributed by atoms with Crippen LogP contribution >= 0.6 is 0 Å². The summed E-state index contributed by atoms with van der Waals surface area (Å²) in [5.74, 6) is -0.625. The van der Waals surface area contributed by atoms with Gasteiger partial charge in [-0.15, -0.1) is 0 Å². The van der Waals surface area contributed by atoms with E-state index in [1.807, 2.05) is 0 Å². The van der Waals surface area contributed by atoms with Gasteiger partial charge in [-0.1, -0.05) is 13.0 Å². The molecule has 0 bridgehead atoms. The average molecular weight is 290 g/mol. The van der Waals surface area contributed by atoms with Gasteiger partial charge in [0.1, 0.15) is 6.61 Å². The van der Waals surface area contributed by atoms with Crippen LogP contribution in [0.5, 0.6) is 5.75 Å². The van der Waals surface area contributed by atoms with E-state index in [1.54, 1.807) is 13.0 Å². The molecule has 0 heterocycles. The van der Waals surface area contributed by atoms with Crippen molar-refractivity contribution in [2.45, 2.75) is 26.4 Å². The van der Waals surface area contributed by atoms with Crippen molar-refractivity contribution in [2.75, 3.05) is 18.1 Å². The van der Waals surface area contributed by atoms with E-state index in [1.165, 1.54) is 19.1 Å². The Hall–Kier alpha value is -1.14. The second-order valence-electron chi connectivity index (χ2n) is 4.37. The van der Waals surface area contributed by atoms with E-state index in [0.29, 0.717) is 12.0 Å². The van der Waals surface area contributed by atoms with Gasteiger partial charge in [-0.2, -0.15) is 0 Å². The summed E-state index contributed by atoms with van der Waals surface area (Å²) in [5.41, 5.74) is 0.448. The molecule has 1 atom stereocenters. The van der Waals surface area contributed by atoms with Crippen molar-refractivity contribution >= 4 is 9.84 Å². The molecule has 19 heavy (non-hydrogen) atoms. The summed E-state index contributed by atoms with van der Waals surface area (Å²) in [6, 6.07) is 4.12. The summed E-state index contributed by atoms with van der Waals surface area (Å²) in [7, 11) is -3.12. The molecular weight excluding hydrogens is 271 g/mol. The highest BCUT2D eigenvalue weighted by Crippen LogP contribution is 2.21. The SMILES string of the molecule is CCCS(=O)(=O)CCOc1ccc([C@H](C)O)cc1F. The van der Waals surface area contributed by atoms with Crippen LogP contribution in [0, 0.1) is 5.82 Å². The lowest BCUT2D eigenvalue weighted by Crippen LogP contribution is -2.17. The molecule has 0 saturated carbocycles. The van der Waals surface area contributed by atoms with Crippen molar-refractivity contribution in [3.63, 3.8) is 0 Å². The molecule has 0 fully saturated rings. The summed E-state index contributed by atoms with van der Waals surface area (Å²) in [4.78, 5) is 0. The van der Waals surface area contributed by atoms with Gasteiger partial charge in [0, 0.05) is 0 Å². The largest absolute Gasteiger partial charge is 0.489 e. The number of ether oxygens (including phenoxy) is 1. The van der Waals surface area contributed by atoms with Crippen LogP contribution in [0.2, 0.25) is 0 Å². The zero-order valence-electron chi connectivity index (χ0n) is 11.1. The first-order valence-electron chi connectivity index (χ1n) is 6.16. The van der Waals surface area contributed by atoms with Crippen LogP contribution in [0.1, 0.15) is 31.9 Å².